The lowest BCUT2D eigenvalue weighted by atomic mass is 10.2. The predicted molar refractivity (Wildman–Crippen MR) is 69.3 cm³/mol. The average molecular weight is 319 g/mol. The fraction of sp³-hybridized carbons (Fsp3) is 1.00. The van der Waals surface area contributed by atoms with Gasteiger partial charge >= 0.3 is 5.51 Å². The molecular weight excluding hydrogens is 295 g/mol. The number of hydrogen-bond donors (Lipinski definition) is 1. The van der Waals surface area contributed by atoms with Crippen molar-refractivity contribution in [1.29, 1.82) is 0 Å². The van der Waals surface area contributed by atoms with Crippen LogP contribution < -0.4 is 4.90 Å². The Balaban J connectivity index is 0.000000396. The molecule has 0 aromatic rings. The lowest BCUT2D eigenvalue weighted by Gasteiger charge is -2.17. The molecule has 1 heterocycles. The lowest BCUT2D eigenvalue weighted by molar-refractivity contribution is -0.910. The molecule has 1 fully saturated rings. The van der Waals surface area contributed by atoms with Gasteiger partial charge in [-0.25, -0.2) is 8.42 Å². The molecule has 1 aliphatic heterocycles. The highest BCUT2D eigenvalue weighted by atomic mass is 32.2. The summed E-state index contributed by atoms with van der Waals surface area (Å²) in [6, 6.07) is 0.951. The monoisotopic (exact) mass is 319 g/mol. The SMILES string of the molecule is CCCCCC[NH+]1CCCC1C.O=S(=O)([O-])C(F)(F)F. The van der Waals surface area contributed by atoms with Crippen molar-refractivity contribution < 1.29 is 31.0 Å². The summed E-state index contributed by atoms with van der Waals surface area (Å²) in [5.41, 5.74) is -5.65. The maximum Gasteiger partial charge on any atom is 0.485 e. The zero-order valence-electron chi connectivity index (χ0n) is 12.0. The summed E-state index contributed by atoms with van der Waals surface area (Å²) in [6.07, 6.45) is 8.63. The zero-order valence-corrected chi connectivity index (χ0v) is 12.8. The van der Waals surface area contributed by atoms with E-state index in [1.165, 1.54) is 51.6 Å². The van der Waals surface area contributed by atoms with E-state index in [1.807, 2.05) is 4.90 Å². The third-order valence-corrected chi connectivity index (χ3v) is 4.03. The van der Waals surface area contributed by atoms with Gasteiger partial charge in [-0.2, -0.15) is 13.2 Å². The van der Waals surface area contributed by atoms with Crippen molar-refractivity contribution in [1.82, 2.24) is 0 Å². The summed E-state index contributed by atoms with van der Waals surface area (Å²) in [7, 11) is -6.09. The van der Waals surface area contributed by atoms with Gasteiger partial charge in [-0.3, -0.25) is 0 Å². The largest absolute Gasteiger partial charge is 0.741 e. The first-order valence-corrected chi connectivity index (χ1v) is 8.37. The Kier molecular flexibility index (Phi) is 8.69. The van der Waals surface area contributed by atoms with Gasteiger partial charge in [0, 0.05) is 12.8 Å². The standard InChI is InChI=1S/C11H23N.CHF3O3S/c1-3-4-5-6-9-12-10-7-8-11(12)2;2-1(3,4)8(5,6)7/h11H,3-10H2,1-2H3;(H,5,6,7). The predicted octanol–water partition coefficient (Wildman–Crippen LogP) is 1.69. The minimum absolute atomic E-state index is 0.951. The summed E-state index contributed by atoms with van der Waals surface area (Å²) in [5, 5.41) is 0. The normalized spacial score (nSPS) is 23.3. The number of likely N-dealkylation sites (tertiary alicyclic amines) is 1. The molecule has 1 saturated heterocycles. The van der Waals surface area contributed by atoms with Gasteiger partial charge in [0.25, 0.3) is 0 Å². The van der Waals surface area contributed by atoms with Crippen LogP contribution >= 0.6 is 0 Å². The maximum absolute atomic E-state index is 10.7. The summed E-state index contributed by atoms with van der Waals surface area (Å²) in [4.78, 5) is 1.87. The molecule has 0 amide bonds. The Hall–Kier alpha value is -0.340. The molecule has 1 aliphatic rings. The van der Waals surface area contributed by atoms with Gasteiger partial charge in [-0.15, -0.1) is 0 Å². The van der Waals surface area contributed by atoms with E-state index in [4.69, 9.17) is 13.0 Å². The summed E-state index contributed by atoms with van der Waals surface area (Å²) in [5.74, 6) is 0. The quantitative estimate of drug-likeness (QED) is 0.476. The van der Waals surface area contributed by atoms with Crippen molar-refractivity contribution in [3.8, 4) is 0 Å². The first-order valence-electron chi connectivity index (χ1n) is 6.96. The van der Waals surface area contributed by atoms with Gasteiger partial charge in [-0.1, -0.05) is 19.8 Å². The van der Waals surface area contributed by atoms with Crippen LogP contribution in [0, 0.1) is 0 Å². The van der Waals surface area contributed by atoms with Crippen LogP contribution in [-0.2, 0) is 10.1 Å². The highest BCUT2D eigenvalue weighted by Gasteiger charge is 2.36. The summed E-state index contributed by atoms with van der Waals surface area (Å²) < 4.78 is 58.9. The highest BCUT2D eigenvalue weighted by Crippen LogP contribution is 2.20. The smallest absolute Gasteiger partial charge is 0.485 e. The van der Waals surface area contributed by atoms with Crippen LogP contribution in [0.5, 0.6) is 0 Å². The van der Waals surface area contributed by atoms with Gasteiger partial charge in [0.2, 0.25) is 0 Å². The molecule has 122 valence electrons. The molecule has 0 aromatic heterocycles. The first kappa shape index (κ1) is 19.7. The lowest BCUT2D eigenvalue weighted by Crippen LogP contribution is -3.13. The van der Waals surface area contributed by atoms with E-state index in [9.17, 15) is 13.2 Å². The molecule has 0 spiro atoms. The summed E-state index contributed by atoms with van der Waals surface area (Å²) in [6.45, 7) is 7.56. The van der Waals surface area contributed by atoms with Crippen molar-refractivity contribution in [2.75, 3.05) is 13.1 Å². The number of alkyl halides is 3. The van der Waals surface area contributed by atoms with E-state index in [0.29, 0.717) is 0 Å². The van der Waals surface area contributed by atoms with Gasteiger partial charge < -0.3 is 9.45 Å². The van der Waals surface area contributed by atoms with Crippen molar-refractivity contribution >= 4 is 10.1 Å². The van der Waals surface area contributed by atoms with Crippen LogP contribution in [-0.4, -0.2) is 37.6 Å². The molecule has 8 heteroatoms. The third-order valence-electron chi connectivity index (χ3n) is 3.47. The van der Waals surface area contributed by atoms with E-state index < -0.39 is 15.6 Å². The van der Waals surface area contributed by atoms with Crippen molar-refractivity contribution in [2.24, 2.45) is 0 Å². The van der Waals surface area contributed by atoms with Crippen molar-refractivity contribution in [2.45, 2.75) is 63.9 Å². The zero-order chi connectivity index (χ0) is 15.8. The van der Waals surface area contributed by atoms with Crippen LogP contribution in [0.4, 0.5) is 13.2 Å². The summed E-state index contributed by atoms with van der Waals surface area (Å²) >= 11 is 0. The van der Waals surface area contributed by atoms with E-state index in [-0.39, 0.29) is 0 Å². The molecule has 0 aromatic carbocycles. The Morgan fingerprint density at radius 3 is 2.15 bits per heavy atom. The van der Waals surface area contributed by atoms with Crippen LogP contribution in [0.15, 0.2) is 0 Å². The van der Waals surface area contributed by atoms with Crippen LogP contribution in [0.2, 0.25) is 0 Å². The number of halogens is 3. The molecule has 0 saturated carbocycles. The topological polar surface area (TPSA) is 61.6 Å². The third kappa shape index (κ3) is 8.06. The Morgan fingerprint density at radius 2 is 1.80 bits per heavy atom. The van der Waals surface area contributed by atoms with Crippen molar-refractivity contribution in [3.63, 3.8) is 0 Å². The molecule has 1 rings (SSSR count). The average Bonchev–Trinajstić information content (AvgIpc) is 2.69. The second kappa shape index (κ2) is 8.84. The molecule has 4 nitrogen and oxygen atoms in total. The number of unbranched alkanes of at least 4 members (excludes halogenated alkanes) is 3. The Labute approximate surface area is 119 Å². The number of nitrogens with one attached hydrogen (secondary N) is 1. The second-order valence-corrected chi connectivity index (χ2v) is 6.53. The van der Waals surface area contributed by atoms with Crippen molar-refractivity contribution in [3.05, 3.63) is 0 Å². The van der Waals surface area contributed by atoms with Crippen LogP contribution in [0.25, 0.3) is 0 Å². The fourth-order valence-electron chi connectivity index (χ4n) is 2.24. The fourth-order valence-corrected chi connectivity index (χ4v) is 2.24. The van der Waals surface area contributed by atoms with Crippen LogP contribution in [0.1, 0.15) is 52.4 Å². The number of rotatable bonds is 5. The molecular formula is C12H24F3NO3S. The van der Waals surface area contributed by atoms with E-state index in [0.717, 1.165) is 6.04 Å². The highest BCUT2D eigenvalue weighted by molar-refractivity contribution is 7.86. The Morgan fingerprint density at radius 1 is 1.25 bits per heavy atom. The minimum atomic E-state index is -6.09. The number of quaternary nitrogens is 1. The molecule has 0 radical (unpaired) electrons. The molecule has 20 heavy (non-hydrogen) atoms. The van der Waals surface area contributed by atoms with Crippen LogP contribution in [0.3, 0.4) is 0 Å². The van der Waals surface area contributed by atoms with Gasteiger partial charge in [0.05, 0.1) is 19.1 Å². The number of hydrogen-bond acceptors (Lipinski definition) is 3. The van der Waals surface area contributed by atoms with Gasteiger partial charge in [0.1, 0.15) is 0 Å². The van der Waals surface area contributed by atoms with E-state index in [2.05, 4.69) is 13.8 Å². The van der Waals surface area contributed by atoms with E-state index >= 15 is 0 Å². The molecule has 1 N–H and O–H groups in total. The molecule has 2 unspecified atom stereocenters. The maximum atomic E-state index is 10.7. The van der Waals surface area contributed by atoms with E-state index in [1.54, 1.807) is 0 Å². The molecule has 2 atom stereocenters. The second-order valence-electron chi connectivity index (χ2n) is 5.16. The Bertz CT molecular complexity index is 357. The molecule has 0 aliphatic carbocycles. The van der Waals surface area contributed by atoms with Gasteiger partial charge in [0.15, 0.2) is 10.1 Å². The first-order chi connectivity index (χ1) is 9.09. The molecule has 0 bridgehead atoms. The van der Waals surface area contributed by atoms with Gasteiger partial charge in [-0.05, 0) is 19.8 Å². The minimum Gasteiger partial charge on any atom is -0.741 e.